The van der Waals surface area contributed by atoms with Crippen molar-refractivity contribution < 1.29 is 4.79 Å². The highest BCUT2D eigenvalue weighted by Gasteiger charge is 2.15. The molecule has 27 heavy (non-hydrogen) atoms. The zero-order chi connectivity index (χ0) is 19.1. The fraction of sp³-hybridized carbons (Fsp3) is 0.227. The fourth-order valence-electron chi connectivity index (χ4n) is 2.89. The van der Waals surface area contributed by atoms with Gasteiger partial charge in [-0.25, -0.2) is 0 Å². The lowest BCUT2D eigenvalue weighted by Gasteiger charge is -2.22. The zero-order valence-corrected chi connectivity index (χ0v) is 15.7. The quantitative estimate of drug-likeness (QED) is 0.643. The lowest BCUT2D eigenvalue weighted by molar-refractivity contribution is 0.0778. The lowest BCUT2D eigenvalue weighted by atomic mass is 10.2. The molecule has 0 aliphatic heterocycles. The number of anilines is 1. The summed E-state index contributed by atoms with van der Waals surface area (Å²) < 4.78 is 0. The summed E-state index contributed by atoms with van der Waals surface area (Å²) in [5, 5.41) is 8.45. The molecular weight excluding hydrogens is 336 g/mol. The van der Waals surface area contributed by atoms with Crippen LogP contribution in [-0.2, 0) is 13.1 Å². The van der Waals surface area contributed by atoms with Crippen LogP contribution >= 0.6 is 0 Å². The smallest absolute Gasteiger partial charge is 0.274 e. The van der Waals surface area contributed by atoms with Gasteiger partial charge in [0.25, 0.3) is 5.91 Å². The Bertz CT molecular complexity index is 851. The van der Waals surface area contributed by atoms with Crippen LogP contribution in [0, 0.1) is 0 Å². The van der Waals surface area contributed by atoms with Crippen molar-refractivity contribution in [3.8, 4) is 0 Å². The summed E-state index contributed by atoms with van der Waals surface area (Å²) in [7, 11) is 1.78. The number of nitrogens with zero attached hydrogens (tertiary/aromatic N) is 4. The van der Waals surface area contributed by atoms with E-state index in [1.807, 2.05) is 54.6 Å². The molecule has 0 saturated heterocycles. The molecule has 5 heteroatoms. The van der Waals surface area contributed by atoms with Crippen LogP contribution in [0.2, 0.25) is 0 Å². The molecule has 0 atom stereocenters. The van der Waals surface area contributed by atoms with Crippen molar-refractivity contribution in [3.05, 3.63) is 89.6 Å². The van der Waals surface area contributed by atoms with E-state index in [-0.39, 0.29) is 5.91 Å². The third kappa shape index (κ3) is 4.91. The van der Waals surface area contributed by atoms with Crippen molar-refractivity contribution in [2.45, 2.75) is 20.0 Å². The Kier molecular flexibility index (Phi) is 6.15. The summed E-state index contributed by atoms with van der Waals surface area (Å²) >= 11 is 0. The molecule has 0 radical (unpaired) electrons. The standard InChI is InChI=1S/C22H24N4O/c1-3-26(17-19-12-8-5-9-13-19)21-15-14-20(23-24-21)22(27)25(2)16-18-10-6-4-7-11-18/h4-15H,3,16-17H2,1-2H3. The second kappa shape index (κ2) is 8.94. The Morgan fingerprint density at radius 2 is 1.41 bits per heavy atom. The number of carbonyl (C=O) groups excluding carboxylic acids is 1. The number of rotatable bonds is 7. The summed E-state index contributed by atoms with van der Waals surface area (Å²) in [6, 6.07) is 23.8. The van der Waals surface area contributed by atoms with Gasteiger partial charge in [-0.2, -0.15) is 0 Å². The average molecular weight is 360 g/mol. The van der Waals surface area contributed by atoms with Gasteiger partial charge in [0.1, 0.15) is 0 Å². The predicted octanol–water partition coefficient (Wildman–Crippen LogP) is 3.78. The van der Waals surface area contributed by atoms with Gasteiger partial charge in [-0.05, 0) is 30.2 Å². The van der Waals surface area contributed by atoms with Crippen molar-refractivity contribution in [1.82, 2.24) is 15.1 Å². The molecule has 0 aliphatic carbocycles. The molecule has 5 nitrogen and oxygen atoms in total. The topological polar surface area (TPSA) is 49.3 Å². The van der Waals surface area contributed by atoms with E-state index in [2.05, 4.69) is 34.2 Å². The van der Waals surface area contributed by atoms with E-state index in [0.717, 1.165) is 24.5 Å². The highest BCUT2D eigenvalue weighted by Crippen LogP contribution is 2.14. The number of benzene rings is 2. The first-order valence-corrected chi connectivity index (χ1v) is 9.09. The molecule has 0 N–H and O–H groups in total. The van der Waals surface area contributed by atoms with Crippen LogP contribution < -0.4 is 4.90 Å². The third-order valence-corrected chi connectivity index (χ3v) is 4.40. The average Bonchev–Trinajstić information content (AvgIpc) is 2.73. The van der Waals surface area contributed by atoms with Gasteiger partial charge in [0, 0.05) is 26.7 Å². The molecule has 2 aromatic carbocycles. The fourth-order valence-corrected chi connectivity index (χ4v) is 2.89. The summed E-state index contributed by atoms with van der Waals surface area (Å²) in [6.45, 7) is 4.19. The minimum Gasteiger partial charge on any atom is -0.351 e. The van der Waals surface area contributed by atoms with Crippen molar-refractivity contribution in [3.63, 3.8) is 0 Å². The number of aromatic nitrogens is 2. The van der Waals surface area contributed by atoms with Gasteiger partial charge in [-0.3, -0.25) is 4.79 Å². The highest BCUT2D eigenvalue weighted by atomic mass is 16.2. The molecule has 1 amide bonds. The Hall–Kier alpha value is -3.21. The molecule has 0 saturated carbocycles. The molecular formula is C22H24N4O. The largest absolute Gasteiger partial charge is 0.351 e. The van der Waals surface area contributed by atoms with Crippen LogP contribution in [0.4, 0.5) is 5.82 Å². The van der Waals surface area contributed by atoms with Crippen LogP contribution in [0.5, 0.6) is 0 Å². The van der Waals surface area contributed by atoms with Gasteiger partial charge in [-0.15, -0.1) is 10.2 Å². The number of hydrogen-bond donors (Lipinski definition) is 0. The maximum absolute atomic E-state index is 12.6. The van der Waals surface area contributed by atoms with Gasteiger partial charge in [0.15, 0.2) is 11.5 Å². The van der Waals surface area contributed by atoms with Gasteiger partial charge < -0.3 is 9.80 Å². The Morgan fingerprint density at radius 1 is 0.815 bits per heavy atom. The first kappa shape index (κ1) is 18.6. The van der Waals surface area contributed by atoms with E-state index in [0.29, 0.717) is 12.2 Å². The predicted molar refractivity (Wildman–Crippen MR) is 107 cm³/mol. The number of carbonyl (C=O) groups is 1. The molecule has 138 valence electrons. The van der Waals surface area contributed by atoms with E-state index in [4.69, 9.17) is 0 Å². The van der Waals surface area contributed by atoms with Gasteiger partial charge in [0.2, 0.25) is 0 Å². The van der Waals surface area contributed by atoms with Gasteiger partial charge in [-0.1, -0.05) is 60.7 Å². The number of amides is 1. The molecule has 3 rings (SSSR count). The Labute approximate surface area is 160 Å². The minimum atomic E-state index is -0.135. The molecule has 0 fully saturated rings. The summed E-state index contributed by atoms with van der Waals surface area (Å²) in [5.74, 6) is 0.632. The summed E-state index contributed by atoms with van der Waals surface area (Å²) in [6.07, 6.45) is 0. The van der Waals surface area contributed by atoms with E-state index < -0.39 is 0 Å². The van der Waals surface area contributed by atoms with Gasteiger partial charge >= 0.3 is 0 Å². The minimum absolute atomic E-state index is 0.135. The van der Waals surface area contributed by atoms with Gasteiger partial charge in [0.05, 0.1) is 0 Å². The monoisotopic (exact) mass is 360 g/mol. The van der Waals surface area contributed by atoms with Crippen LogP contribution in [0.15, 0.2) is 72.8 Å². The van der Waals surface area contributed by atoms with Crippen LogP contribution in [0.1, 0.15) is 28.5 Å². The van der Waals surface area contributed by atoms with Crippen molar-refractivity contribution in [2.24, 2.45) is 0 Å². The second-order valence-electron chi connectivity index (χ2n) is 6.42. The molecule has 3 aromatic rings. The highest BCUT2D eigenvalue weighted by molar-refractivity contribution is 5.92. The van der Waals surface area contributed by atoms with Crippen LogP contribution in [0.25, 0.3) is 0 Å². The Balaban J connectivity index is 1.67. The molecule has 0 bridgehead atoms. The molecule has 1 heterocycles. The maximum Gasteiger partial charge on any atom is 0.274 e. The van der Waals surface area contributed by atoms with Crippen molar-refractivity contribution in [2.75, 3.05) is 18.5 Å². The molecule has 0 aliphatic rings. The summed E-state index contributed by atoms with van der Waals surface area (Å²) in [5.41, 5.74) is 2.65. The van der Waals surface area contributed by atoms with E-state index in [1.165, 1.54) is 5.56 Å². The third-order valence-electron chi connectivity index (χ3n) is 4.40. The first-order chi connectivity index (χ1) is 13.2. The number of hydrogen-bond acceptors (Lipinski definition) is 4. The Morgan fingerprint density at radius 3 is 1.93 bits per heavy atom. The lowest BCUT2D eigenvalue weighted by Crippen LogP contribution is -2.28. The van der Waals surface area contributed by atoms with Crippen LogP contribution in [-0.4, -0.2) is 34.6 Å². The molecule has 1 aromatic heterocycles. The van der Waals surface area contributed by atoms with Crippen molar-refractivity contribution >= 4 is 11.7 Å². The SMILES string of the molecule is CCN(Cc1ccccc1)c1ccc(C(=O)N(C)Cc2ccccc2)nn1. The van der Waals surface area contributed by atoms with Crippen LogP contribution in [0.3, 0.4) is 0 Å². The zero-order valence-electron chi connectivity index (χ0n) is 15.7. The van der Waals surface area contributed by atoms with E-state index in [9.17, 15) is 4.79 Å². The summed E-state index contributed by atoms with van der Waals surface area (Å²) in [4.78, 5) is 16.4. The molecule has 0 spiro atoms. The first-order valence-electron chi connectivity index (χ1n) is 9.09. The normalized spacial score (nSPS) is 10.4. The maximum atomic E-state index is 12.6. The second-order valence-corrected chi connectivity index (χ2v) is 6.42. The van der Waals surface area contributed by atoms with E-state index >= 15 is 0 Å². The molecule has 0 unspecified atom stereocenters. The van der Waals surface area contributed by atoms with Crippen molar-refractivity contribution in [1.29, 1.82) is 0 Å². The van der Waals surface area contributed by atoms with E-state index in [1.54, 1.807) is 18.0 Å².